The Hall–Kier alpha value is -0.0800. The van der Waals surface area contributed by atoms with Crippen molar-refractivity contribution < 1.29 is 5.11 Å². The normalized spacial score (nSPS) is 31.7. The lowest BCUT2D eigenvalue weighted by molar-refractivity contribution is -0.0530. The molecule has 1 fully saturated rings. The first-order valence-corrected chi connectivity index (χ1v) is 6.76. The second-order valence-electron chi connectivity index (χ2n) is 6.35. The van der Waals surface area contributed by atoms with Gasteiger partial charge in [0.15, 0.2) is 0 Å². The van der Waals surface area contributed by atoms with Crippen LogP contribution in [0.5, 0.6) is 0 Å². The molecule has 0 bridgehead atoms. The summed E-state index contributed by atoms with van der Waals surface area (Å²) in [6, 6.07) is 0.359. The maximum absolute atomic E-state index is 10.4. The summed E-state index contributed by atoms with van der Waals surface area (Å²) in [4.78, 5) is 2.37. The van der Waals surface area contributed by atoms with Crippen molar-refractivity contribution in [3.63, 3.8) is 0 Å². The van der Waals surface area contributed by atoms with Gasteiger partial charge in [0.05, 0.1) is 6.10 Å². The van der Waals surface area contributed by atoms with Crippen LogP contribution in [0.25, 0.3) is 0 Å². The Morgan fingerprint density at radius 2 is 2.06 bits per heavy atom. The van der Waals surface area contributed by atoms with E-state index in [-0.39, 0.29) is 11.5 Å². The quantitative estimate of drug-likeness (QED) is 0.798. The largest absolute Gasteiger partial charge is 0.391 e. The first kappa shape index (κ1) is 14.0. The Kier molecular flexibility index (Phi) is 4.81. The van der Waals surface area contributed by atoms with Crippen LogP contribution < -0.4 is 0 Å². The summed E-state index contributed by atoms with van der Waals surface area (Å²) in [6.45, 7) is 10.0. The van der Waals surface area contributed by atoms with Gasteiger partial charge < -0.3 is 10.0 Å². The van der Waals surface area contributed by atoms with Gasteiger partial charge in [0.1, 0.15) is 0 Å². The van der Waals surface area contributed by atoms with Crippen LogP contribution in [-0.2, 0) is 0 Å². The lowest BCUT2D eigenvalue weighted by Gasteiger charge is -2.45. The second-order valence-corrected chi connectivity index (χ2v) is 6.35. The van der Waals surface area contributed by atoms with E-state index in [1.54, 1.807) is 0 Å². The van der Waals surface area contributed by atoms with Crippen molar-refractivity contribution in [2.75, 3.05) is 13.6 Å². The average molecular weight is 227 g/mol. The number of aliphatic hydroxyl groups excluding tert-OH is 1. The van der Waals surface area contributed by atoms with Gasteiger partial charge >= 0.3 is 0 Å². The Labute approximate surface area is 101 Å². The van der Waals surface area contributed by atoms with Crippen LogP contribution in [0.2, 0.25) is 0 Å². The fourth-order valence-electron chi connectivity index (χ4n) is 2.81. The highest BCUT2D eigenvalue weighted by Gasteiger charge is 2.39. The average Bonchev–Trinajstić information content (AvgIpc) is 2.21. The van der Waals surface area contributed by atoms with Gasteiger partial charge in [-0.15, -0.1) is 0 Å². The number of likely N-dealkylation sites (N-methyl/N-ethyl adjacent to an activating group) is 1. The molecule has 0 heterocycles. The Bertz CT molecular complexity index is 215. The third-order valence-electron chi connectivity index (χ3n) is 4.35. The van der Waals surface area contributed by atoms with Crippen molar-refractivity contribution in [3.8, 4) is 0 Å². The van der Waals surface area contributed by atoms with Gasteiger partial charge in [-0.1, -0.05) is 40.5 Å². The van der Waals surface area contributed by atoms with E-state index in [4.69, 9.17) is 0 Å². The number of rotatable bonds is 4. The van der Waals surface area contributed by atoms with Crippen LogP contribution in [0.15, 0.2) is 0 Å². The van der Waals surface area contributed by atoms with Crippen LogP contribution in [-0.4, -0.2) is 35.7 Å². The predicted octanol–water partition coefficient (Wildman–Crippen LogP) is 2.90. The molecule has 0 aromatic heterocycles. The molecule has 1 saturated carbocycles. The monoisotopic (exact) mass is 227 g/mol. The number of hydrogen-bond acceptors (Lipinski definition) is 2. The molecular weight excluding hydrogens is 198 g/mol. The van der Waals surface area contributed by atoms with E-state index in [0.717, 1.165) is 25.3 Å². The first-order valence-electron chi connectivity index (χ1n) is 6.76. The smallest absolute Gasteiger partial charge is 0.0746 e. The Balaban J connectivity index is 2.58. The van der Waals surface area contributed by atoms with Gasteiger partial charge in [0, 0.05) is 12.6 Å². The molecule has 1 N–H and O–H groups in total. The number of nitrogens with zero attached hydrogens (tertiary/aromatic N) is 1. The highest BCUT2D eigenvalue weighted by molar-refractivity contribution is 4.92. The van der Waals surface area contributed by atoms with Crippen LogP contribution in [0, 0.1) is 11.3 Å². The predicted molar refractivity (Wildman–Crippen MR) is 69.5 cm³/mol. The van der Waals surface area contributed by atoms with Crippen LogP contribution in [0.3, 0.4) is 0 Å². The van der Waals surface area contributed by atoms with Gasteiger partial charge in [-0.2, -0.15) is 0 Å². The fraction of sp³-hybridized carbons (Fsp3) is 1.00. The minimum Gasteiger partial charge on any atom is -0.391 e. The molecule has 0 aromatic carbocycles. The van der Waals surface area contributed by atoms with E-state index in [2.05, 4.69) is 39.6 Å². The minimum absolute atomic E-state index is 0.0899. The zero-order valence-corrected chi connectivity index (χ0v) is 11.7. The molecule has 3 atom stereocenters. The summed E-state index contributed by atoms with van der Waals surface area (Å²) in [7, 11) is 2.17. The van der Waals surface area contributed by atoms with Crippen molar-refractivity contribution in [3.05, 3.63) is 0 Å². The molecule has 0 saturated heterocycles. The van der Waals surface area contributed by atoms with Crippen molar-refractivity contribution in [1.82, 2.24) is 4.90 Å². The third kappa shape index (κ3) is 3.21. The molecule has 2 nitrogen and oxygen atoms in total. The van der Waals surface area contributed by atoms with Crippen LogP contribution in [0.4, 0.5) is 0 Å². The molecule has 1 aliphatic carbocycles. The van der Waals surface area contributed by atoms with E-state index in [0.29, 0.717) is 6.04 Å². The first-order chi connectivity index (χ1) is 7.38. The molecule has 16 heavy (non-hydrogen) atoms. The summed E-state index contributed by atoms with van der Waals surface area (Å²) >= 11 is 0. The fourth-order valence-corrected chi connectivity index (χ4v) is 2.81. The molecule has 96 valence electrons. The molecule has 0 aliphatic heterocycles. The van der Waals surface area contributed by atoms with Gasteiger partial charge in [-0.05, 0) is 31.2 Å². The van der Waals surface area contributed by atoms with E-state index in [1.165, 1.54) is 12.8 Å². The van der Waals surface area contributed by atoms with Crippen molar-refractivity contribution >= 4 is 0 Å². The van der Waals surface area contributed by atoms with Gasteiger partial charge in [-0.3, -0.25) is 0 Å². The molecule has 3 unspecified atom stereocenters. The molecule has 0 radical (unpaired) electrons. The zero-order valence-electron chi connectivity index (χ0n) is 11.7. The standard InChI is InChI=1S/C14H29NO/c1-6-11(2)10-15(5)12-8-7-9-14(3,4)13(12)16/h11-13,16H,6-10H2,1-5H3. The van der Waals surface area contributed by atoms with E-state index in [1.807, 2.05) is 0 Å². The third-order valence-corrected chi connectivity index (χ3v) is 4.35. The van der Waals surface area contributed by atoms with E-state index in [9.17, 15) is 5.11 Å². The Morgan fingerprint density at radius 3 is 2.62 bits per heavy atom. The van der Waals surface area contributed by atoms with Gasteiger partial charge in [-0.25, -0.2) is 0 Å². The SMILES string of the molecule is CCC(C)CN(C)C1CCCC(C)(C)C1O. The van der Waals surface area contributed by atoms with Gasteiger partial charge in [0.25, 0.3) is 0 Å². The Morgan fingerprint density at radius 1 is 1.44 bits per heavy atom. The van der Waals surface area contributed by atoms with E-state index < -0.39 is 0 Å². The molecule has 0 amide bonds. The lowest BCUT2D eigenvalue weighted by Crippen LogP contribution is -2.51. The zero-order chi connectivity index (χ0) is 12.3. The van der Waals surface area contributed by atoms with Crippen LogP contribution in [0.1, 0.15) is 53.4 Å². The number of hydrogen-bond donors (Lipinski definition) is 1. The summed E-state index contributed by atoms with van der Waals surface area (Å²) in [5.74, 6) is 0.724. The lowest BCUT2D eigenvalue weighted by atomic mass is 9.72. The molecule has 2 heteroatoms. The van der Waals surface area contributed by atoms with Crippen molar-refractivity contribution in [2.45, 2.75) is 65.5 Å². The minimum atomic E-state index is -0.171. The number of aliphatic hydroxyl groups is 1. The maximum Gasteiger partial charge on any atom is 0.0746 e. The highest BCUT2D eigenvalue weighted by atomic mass is 16.3. The molecule has 1 rings (SSSR count). The summed E-state index contributed by atoms with van der Waals surface area (Å²) in [5.41, 5.74) is 0.0899. The summed E-state index contributed by atoms with van der Waals surface area (Å²) in [5, 5.41) is 10.4. The molecule has 0 aromatic rings. The van der Waals surface area contributed by atoms with Crippen molar-refractivity contribution in [2.24, 2.45) is 11.3 Å². The maximum atomic E-state index is 10.4. The molecular formula is C14H29NO. The second kappa shape index (κ2) is 5.50. The van der Waals surface area contributed by atoms with E-state index >= 15 is 0 Å². The topological polar surface area (TPSA) is 23.5 Å². The molecule has 0 spiro atoms. The van der Waals surface area contributed by atoms with Crippen LogP contribution >= 0.6 is 0 Å². The van der Waals surface area contributed by atoms with Crippen molar-refractivity contribution in [1.29, 1.82) is 0 Å². The molecule has 1 aliphatic rings. The summed E-state index contributed by atoms with van der Waals surface area (Å²) in [6.07, 6.45) is 4.60. The van der Waals surface area contributed by atoms with Gasteiger partial charge in [0.2, 0.25) is 0 Å². The highest BCUT2D eigenvalue weighted by Crippen LogP contribution is 2.37. The summed E-state index contributed by atoms with van der Waals surface area (Å²) < 4.78 is 0.